The number of carbonyl (C=O) groups is 4. The van der Waals surface area contributed by atoms with Crippen molar-refractivity contribution in [1.82, 2.24) is 30.0 Å². The summed E-state index contributed by atoms with van der Waals surface area (Å²) in [6.45, 7) is 3.17. The highest BCUT2D eigenvalue weighted by Gasteiger charge is 2.40. The van der Waals surface area contributed by atoms with Crippen LogP contribution < -0.4 is 9.80 Å². The van der Waals surface area contributed by atoms with Crippen molar-refractivity contribution in [2.75, 3.05) is 55.7 Å². The van der Waals surface area contributed by atoms with E-state index in [0.717, 1.165) is 43.2 Å². The minimum atomic E-state index is -1.26. The monoisotopic (exact) mass is 622 g/mol. The molecule has 15 heteroatoms. The van der Waals surface area contributed by atoms with Gasteiger partial charge in [-0.05, 0) is 59.2 Å². The fraction of sp³-hybridized carbons (Fsp3) is 0.414. The molecule has 2 aromatic carbocycles. The molecule has 3 aromatic rings. The van der Waals surface area contributed by atoms with Gasteiger partial charge in [0.15, 0.2) is 0 Å². The van der Waals surface area contributed by atoms with Gasteiger partial charge in [-0.3, -0.25) is 19.3 Å². The molecule has 0 aliphatic carbocycles. The zero-order valence-corrected chi connectivity index (χ0v) is 24.5. The molecule has 6 rings (SSSR count). The van der Waals surface area contributed by atoms with E-state index in [-0.39, 0.29) is 25.4 Å². The van der Waals surface area contributed by atoms with E-state index in [0.29, 0.717) is 41.1 Å². The number of amides is 3. The highest BCUT2D eigenvalue weighted by atomic mass is 35.5. The molecule has 3 amide bonds. The first-order valence-electron chi connectivity index (χ1n) is 14.4. The van der Waals surface area contributed by atoms with Crippen molar-refractivity contribution >= 4 is 46.7 Å². The van der Waals surface area contributed by atoms with Gasteiger partial charge in [0.1, 0.15) is 12.4 Å². The van der Waals surface area contributed by atoms with E-state index in [1.807, 2.05) is 0 Å². The summed E-state index contributed by atoms with van der Waals surface area (Å²) >= 11 is 6.20. The van der Waals surface area contributed by atoms with E-state index >= 15 is 0 Å². The second-order valence-corrected chi connectivity index (χ2v) is 11.4. The normalized spacial score (nSPS) is 19.5. The molecule has 3 aliphatic heterocycles. The fourth-order valence-corrected chi connectivity index (χ4v) is 6.21. The number of benzene rings is 2. The lowest BCUT2D eigenvalue weighted by Gasteiger charge is -2.40. The Balaban J connectivity index is 1.12. The van der Waals surface area contributed by atoms with Gasteiger partial charge < -0.3 is 24.5 Å². The molecule has 4 heterocycles. The molecule has 3 fully saturated rings. The van der Waals surface area contributed by atoms with E-state index in [9.17, 15) is 24.3 Å². The predicted octanol–water partition coefficient (Wildman–Crippen LogP) is 1.01. The van der Waals surface area contributed by atoms with Crippen LogP contribution in [-0.4, -0.2) is 117 Å². The third-order valence-corrected chi connectivity index (χ3v) is 8.61. The number of aromatic nitrogens is 4. The van der Waals surface area contributed by atoms with E-state index in [2.05, 4.69) is 20.4 Å². The van der Waals surface area contributed by atoms with Crippen LogP contribution in [0, 0.1) is 0 Å². The molecule has 0 spiro atoms. The fourth-order valence-electron chi connectivity index (χ4n) is 6.05. The molecule has 1 N–H and O–H groups in total. The van der Waals surface area contributed by atoms with Gasteiger partial charge >= 0.3 is 17.8 Å². The topological polar surface area (TPSA) is 154 Å². The number of tetrazole rings is 1. The number of anilines is 2. The zero-order valence-electron chi connectivity index (χ0n) is 23.8. The summed E-state index contributed by atoms with van der Waals surface area (Å²) in [4.78, 5) is 58.3. The Bertz CT molecular complexity index is 1550. The molecule has 0 radical (unpaired) electrons. The van der Waals surface area contributed by atoms with Crippen LogP contribution in [0.3, 0.4) is 0 Å². The Kier molecular flexibility index (Phi) is 8.55. The maximum atomic E-state index is 13.3. The number of hydrogen-bond acceptors (Lipinski definition) is 9. The van der Waals surface area contributed by atoms with E-state index < -0.39 is 23.8 Å². The average Bonchev–Trinajstić information content (AvgIpc) is 3.57. The van der Waals surface area contributed by atoms with Gasteiger partial charge in [-0.15, -0.1) is 5.10 Å². The Hall–Kier alpha value is -4.40. The van der Waals surface area contributed by atoms with Gasteiger partial charge in [-0.25, -0.2) is 4.79 Å². The van der Waals surface area contributed by atoms with Crippen LogP contribution in [0.2, 0.25) is 5.02 Å². The molecule has 0 unspecified atom stereocenters. The van der Waals surface area contributed by atoms with Gasteiger partial charge in [-0.1, -0.05) is 23.7 Å². The molecule has 3 saturated heterocycles. The quantitative estimate of drug-likeness (QED) is 0.360. The second-order valence-electron chi connectivity index (χ2n) is 10.9. The van der Waals surface area contributed by atoms with Crippen LogP contribution in [-0.2, 0) is 30.3 Å². The molecule has 14 nitrogen and oxygen atoms in total. The molecule has 1 aromatic heterocycles. The summed E-state index contributed by atoms with van der Waals surface area (Å²) in [6.07, 6.45) is 3.20. The van der Waals surface area contributed by atoms with E-state index in [1.165, 1.54) is 22.0 Å². The van der Waals surface area contributed by atoms with Crippen molar-refractivity contribution < 1.29 is 29.0 Å². The molecular formula is C29H31ClN8O6. The van der Waals surface area contributed by atoms with Gasteiger partial charge in [0, 0.05) is 62.6 Å². The first-order chi connectivity index (χ1) is 21.3. The summed E-state index contributed by atoms with van der Waals surface area (Å²) in [5.41, 5.74) is 2.16. The van der Waals surface area contributed by atoms with Crippen LogP contribution in [0.25, 0.3) is 5.69 Å². The molecule has 0 saturated carbocycles. The lowest BCUT2D eigenvalue weighted by atomic mass is 10.0. The van der Waals surface area contributed by atoms with Crippen LogP contribution >= 0.6 is 11.6 Å². The number of rotatable bonds is 8. The minimum Gasteiger partial charge on any atom is -0.480 e. The Morgan fingerprint density at radius 3 is 2.39 bits per heavy atom. The highest BCUT2D eigenvalue weighted by molar-refractivity contribution is 6.41. The number of piperazine rings is 2. The maximum Gasteiger partial charge on any atom is 0.326 e. The van der Waals surface area contributed by atoms with Gasteiger partial charge in [0.2, 0.25) is 5.91 Å². The highest BCUT2D eigenvalue weighted by Crippen LogP contribution is 2.30. The number of hydrogen-bond donors (Lipinski definition) is 1. The summed E-state index contributed by atoms with van der Waals surface area (Å²) in [6, 6.07) is 11.0. The number of carboxylic acids is 1. The molecule has 230 valence electrons. The Labute approximate surface area is 257 Å². The smallest absolute Gasteiger partial charge is 0.326 e. The van der Waals surface area contributed by atoms with Crippen LogP contribution in [0.1, 0.15) is 18.4 Å². The minimum absolute atomic E-state index is 0.00680. The van der Waals surface area contributed by atoms with Crippen LogP contribution in [0.15, 0.2) is 48.8 Å². The third-order valence-electron chi connectivity index (χ3n) is 8.37. The van der Waals surface area contributed by atoms with E-state index in [1.54, 1.807) is 41.3 Å². The number of ether oxygens (including phenoxy) is 1. The molecule has 0 bridgehead atoms. The largest absolute Gasteiger partial charge is 0.480 e. The third kappa shape index (κ3) is 6.00. The number of aliphatic carboxylic acids is 1. The lowest BCUT2D eigenvalue weighted by molar-refractivity contribution is -0.155. The molecule has 1 atom stereocenters. The summed E-state index contributed by atoms with van der Waals surface area (Å²) in [5, 5.41) is 21.5. The summed E-state index contributed by atoms with van der Waals surface area (Å²) < 4.78 is 6.79. The molecule has 3 aliphatic rings. The zero-order chi connectivity index (χ0) is 30.8. The van der Waals surface area contributed by atoms with Gasteiger partial charge in [0.25, 0.3) is 0 Å². The standard InChI is InChI=1S/C29H31ClN8O6/c30-20-3-6-23(38-18-31-32-33-38)24(16-20)36-11-12-37(28(41)27(36)40)25(29(42)43)15-19-1-4-22(5-2-19)35-10-9-34(17-26(35)39)21-7-13-44-14-8-21/h1-6,16,18,21,25H,7-15,17H2,(H,42,43)/t25-/m0/s1. The number of nitrogens with zero attached hydrogens (tertiary/aromatic N) is 8. The van der Waals surface area contributed by atoms with Gasteiger partial charge in [0.05, 0.1) is 17.9 Å². The first-order valence-corrected chi connectivity index (χ1v) is 14.8. The maximum absolute atomic E-state index is 13.3. The second kappa shape index (κ2) is 12.7. The van der Waals surface area contributed by atoms with Crippen LogP contribution in [0.5, 0.6) is 0 Å². The molecule has 44 heavy (non-hydrogen) atoms. The summed E-state index contributed by atoms with van der Waals surface area (Å²) in [7, 11) is 0. The molecular weight excluding hydrogens is 592 g/mol. The Morgan fingerprint density at radius 2 is 1.70 bits per heavy atom. The number of halogens is 1. The first kappa shape index (κ1) is 29.7. The van der Waals surface area contributed by atoms with E-state index in [4.69, 9.17) is 16.3 Å². The van der Waals surface area contributed by atoms with Crippen molar-refractivity contribution in [3.63, 3.8) is 0 Å². The van der Waals surface area contributed by atoms with Crippen LogP contribution in [0.4, 0.5) is 11.4 Å². The average molecular weight is 623 g/mol. The predicted molar refractivity (Wildman–Crippen MR) is 158 cm³/mol. The van der Waals surface area contributed by atoms with Gasteiger partial charge in [-0.2, -0.15) is 4.68 Å². The number of carbonyl (C=O) groups excluding carboxylic acids is 3. The number of carboxylic acid groups (broad SMARTS) is 1. The van der Waals surface area contributed by atoms with Crippen molar-refractivity contribution in [3.05, 3.63) is 59.4 Å². The van der Waals surface area contributed by atoms with Crippen molar-refractivity contribution in [2.24, 2.45) is 0 Å². The van der Waals surface area contributed by atoms with Crippen molar-refractivity contribution in [2.45, 2.75) is 31.3 Å². The Morgan fingerprint density at radius 1 is 0.955 bits per heavy atom. The van der Waals surface area contributed by atoms with Crippen molar-refractivity contribution in [1.29, 1.82) is 0 Å². The lowest BCUT2D eigenvalue weighted by Crippen LogP contribution is -2.59. The van der Waals surface area contributed by atoms with Crippen molar-refractivity contribution in [3.8, 4) is 5.69 Å². The summed E-state index contributed by atoms with van der Waals surface area (Å²) in [5.74, 6) is -3.02. The SMILES string of the molecule is O=C(O)[C@H](Cc1ccc(N2CCN(C3CCOCC3)CC2=O)cc1)N1CCN(c2cc(Cl)ccc2-n2cnnn2)C(=O)C1=O.